The monoisotopic (exact) mass is 347 g/mol. The van der Waals surface area contributed by atoms with Crippen LogP contribution in [-0.4, -0.2) is 29.9 Å². The van der Waals surface area contributed by atoms with Crippen molar-refractivity contribution >= 4 is 6.03 Å². The number of carbonyl (C=O) groups is 1. The van der Waals surface area contributed by atoms with Crippen LogP contribution in [0, 0.1) is 12.3 Å². The van der Waals surface area contributed by atoms with Gasteiger partial charge in [-0.3, -0.25) is 4.79 Å². The lowest BCUT2D eigenvalue weighted by Crippen LogP contribution is -2.46. The van der Waals surface area contributed by atoms with Gasteiger partial charge in [0.25, 0.3) is 5.56 Å². The van der Waals surface area contributed by atoms with E-state index in [1.165, 1.54) is 12.8 Å². The molecule has 6 nitrogen and oxygen atoms in total. The molecule has 1 saturated heterocycles. The van der Waals surface area contributed by atoms with Gasteiger partial charge in [0.1, 0.15) is 0 Å². The minimum atomic E-state index is -0.185. The molecule has 0 radical (unpaired) electrons. The number of pyridine rings is 1. The van der Waals surface area contributed by atoms with Gasteiger partial charge in [-0.05, 0) is 56.9 Å². The average molecular weight is 347 g/mol. The molecule has 0 atom stereocenters. The van der Waals surface area contributed by atoms with Crippen molar-refractivity contribution in [2.45, 2.75) is 58.0 Å². The first-order valence-electron chi connectivity index (χ1n) is 9.27. The Kier molecular flexibility index (Phi) is 5.47. The Morgan fingerprint density at radius 3 is 2.60 bits per heavy atom. The molecule has 2 amide bonds. The van der Waals surface area contributed by atoms with Crippen molar-refractivity contribution in [3.8, 4) is 0 Å². The van der Waals surface area contributed by atoms with Gasteiger partial charge in [-0.25, -0.2) is 4.79 Å². The average Bonchev–Trinajstić information content (AvgIpc) is 2.62. The fraction of sp³-hybridized carbons (Fsp3) is 0.684. The molecule has 138 valence electrons. The molecule has 2 aliphatic rings. The van der Waals surface area contributed by atoms with Crippen LogP contribution >= 0.6 is 0 Å². The zero-order valence-corrected chi connectivity index (χ0v) is 15.3. The third kappa shape index (κ3) is 4.24. The number of hydrogen-bond acceptors (Lipinski definition) is 3. The Bertz CT molecular complexity index is 667. The Morgan fingerprint density at radius 1 is 1.24 bits per heavy atom. The van der Waals surface area contributed by atoms with Gasteiger partial charge in [-0.2, -0.15) is 0 Å². The van der Waals surface area contributed by atoms with Gasteiger partial charge in [0.05, 0.1) is 0 Å². The lowest BCUT2D eigenvalue weighted by molar-refractivity contribution is -0.00860. The largest absolute Gasteiger partial charge is 0.381 e. The predicted molar refractivity (Wildman–Crippen MR) is 96.5 cm³/mol. The number of carbonyl (C=O) groups excluding carboxylic acids is 1. The molecule has 6 heteroatoms. The number of ether oxygens (including phenoxy) is 1. The van der Waals surface area contributed by atoms with Crippen molar-refractivity contribution in [2.24, 2.45) is 12.5 Å². The molecule has 3 rings (SSSR count). The number of aromatic nitrogens is 1. The number of urea groups is 1. The molecule has 25 heavy (non-hydrogen) atoms. The second kappa shape index (κ2) is 7.60. The quantitative estimate of drug-likeness (QED) is 0.881. The number of aryl methyl sites for hydroxylation is 1. The smallest absolute Gasteiger partial charge is 0.315 e. The predicted octanol–water partition coefficient (Wildman–Crippen LogP) is 2.23. The van der Waals surface area contributed by atoms with E-state index in [0.717, 1.165) is 44.6 Å². The molecule has 1 aliphatic heterocycles. The lowest BCUT2D eigenvalue weighted by atomic mass is 9.68. The van der Waals surface area contributed by atoms with Crippen LogP contribution in [-0.2, 0) is 18.3 Å². The van der Waals surface area contributed by atoms with E-state index in [2.05, 4.69) is 10.6 Å². The third-order valence-corrected chi connectivity index (χ3v) is 6.01. The Labute approximate surface area is 148 Å². The maximum Gasteiger partial charge on any atom is 0.315 e. The highest BCUT2D eigenvalue weighted by Gasteiger charge is 2.36. The van der Waals surface area contributed by atoms with Crippen molar-refractivity contribution in [3.63, 3.8) is 0 Å². The highest BCUT2D eigenvalue weighted by atomic mass is 16.5. The van der Waals surface area contributed by atoms with Crippen LogP contribution < -0.4 is 16.2 Å². The topological polar surface area (TPSA) is 72.4 Å². The van der Waals surface area contributed by atoms with Gasteiger partial charge < -0.3 is 19.9 Å². The summed E-state index contributed by atoms with van der Waals surface area (Å²) in [7, 11) is 1.75. The number of nitrogens with zero attached hydrogens (tertiary/aromatic N) is 1. The van der Waals surface area contributed by atoms with E-state index in [1.807, 2.05) is 13.0 Å². The van der Waals surface area contributed by atoms with Gasteiger partial charge >= 0.3 is 6.03 Å². The van der Waals surface area contributed by atoms with Crippen molar-refractivity contribution in [1.29, 1.82) is 0 Å². The fourth-order valence-electron chi connectivity index (χ4n) is 4.01. The first-order chi connectivity index (χ1) is 12.0. The molecule has 2 N–H and O–H groups in total. The summed E-state index contributed by atoms with van der Waals surface area (Å²) in [5.74, 6) is 0. The molecular weight excluding hydrogens is 318 g/mol. The maximum absolute atomic E-state index is 12.2. The van der Waals surface area contributed by atoms with Crippen LogP contribution in [0.1, 0.15) is 49.8 Å². The second-order valence-electron chi connectivity index (χ2n) is 7.58. The van der Waals surface area contributed by atoms with Crippen molar-refractivity contribution in [2.75, 3.05) is 13.2 Å². The molecule has 1 saturated carbocycles. The molecule has 1 aromatic rings. The van der Waals surface area contributed by atoms with Crippen molar-refractivity contribution in [3.05, 3.63) is 33.7 Å². The normalized spacial score (nSPS) is 20.4. The maximum atomic E-state index is 12.2. The van der Waals surface area contributed by atoms with Crippen LogP contribution in [0.25, 0.3) is 0 Å². The van der Waals surface area contributed by atoms with E-state index in [1.54, 1.807) is 17.7 Å². The second-order valence-corrected chi connectivity index (χ2v) is 7.58. The van der Waals surface area contributed by atoms with Crippen LogP contribution in [0.3, 0.4) is 0 Å². The van der Waals surface area contributed by atoms with E-state index < -0.39 is 0 Å². The fourth-order valence-corrected chi connectivity index (χ4v) is 4.01. The van der Waals surface area contributed by atoms with E-state index in [-0.39, 0.29) is 24.2 Å². The van der Waals surface area contributed by atoms with E-state index in [4.69, 9.17) is 4.74 Å². The van der Waals surface area contributed by atoms with E-state index in [9.17, 15) is 9.59 Å². The Balaban J connectivity index is 1.46. The summed E-state index contributed by atoms with van der Waals surface area (Å²) in [6.07, 6.45) is 6.70. The van der Waals surface area contributed by atoms with Gasteiger partial charge in [0.2, 0.25) is 0 Å². The summed E-state index contributed by atoms with van der Waals surface area (Å²) < 4.78 is 7.08. The van der Waals surface area contributed by atoms with Crippen LogP contribution in [0.2, 0.25) is 0 Å². The summed E-state index contributed by atoms with van der Waals surface area (Å²) >= 11 is 0. The molecule has 1 spiro atoms. The minimum Gasteiger partial charge on any atom is -0.381 e. The number of nitrogens with one attached hydrogen (secondary N) is 2. The lowest BCUT2D eigenvalue weighted by Gasteiger charge is -2.42. The highest BCUT2D eigenvalue weighted by molar-refractivity contribution is 5.74. The van der Waals surface area contributed by atoms with Gasteiger partial charge in [0, 0.05) is 44.1 Å². The van der Waals surface area contributed by atoms with Gasteiger partial charge in [0.15, 0.2) is 0 Å². The summed E-state index contributed by atoms with van der Waals surface area (Å²) in [5.41, 5.74) is 1.90. The number of amides is 2. The standard InChI is InChI=1S/C19H29N3O3/c1-14-3-4-15(17(23)22(14)2)13-20-18(24)21-16-5-7-19(8-6-16)9-11-25-12-10-19/h3-4,16H,5-13H2,1-2H3,(H2,20,21,24). The van der Waals surface area contributed by atoms with Crippen LogP contribution in [0.4, 0.5) is 4.79 Å². The number of hydrogen-bond donors (Lipinski definition) is 2. The van der Waals surface area contributed by atoms with E-state index in [0.29, 0.717) is 11.0 Å². The molecule has 0 aromatic carbocycles. The zero-order valence-electron chi connectivity index (χ0n) is 15.3. The number of rotatable bonds is 3. The SMILES string of the molecule is Cc1ccc(CNC(=O)NC2CCC3(CCOCC3)CC2)c(=O)n1C. The first-order valence-corrected chi connectivity index (χ1v) is 9.27. The third-order valence-electron chi connectivity index (χ3n) is 6.01. The zero-order chi connectivity index (χ0) is 17.9. The summed E-state index contributed by atoms with van der Waals surface area (Å²) in [6, 6.07) is 3.72. The Morgan fingerprint density at radius 2 is 1.92 bits per heavy atom. The molecular formula is C19H29N3O3. The van der Waals surface area contributed by atoms with Crippen LogP contribution in [0.5, 0.6) is 0 Å². The molecule has 1 aliphatic carbocycles. The van der Waals surface area contributed by atoms with Crippen molar-refractivity contribution < 1.29 is 9.53 Å². The van der Waals surface area contributed by atoms with Crippen molar-refractivity contribution in [1.82, 2.24) is 15.2 Å². The summed E-state index contributed by atoms with van der Waals surface area (Å²) in [5, 5.41) is 5.89. The first kappa shape index (κ1) is 18.0. The molecule has 2 fully saturated rings. The molecule has 0 unspecified atom stereocenters. The minimum absolute atomic E-state index is 0.0561. The van der Waals surface area contributed by atoms with E-state index >= 15 is 0 Å². The van der Waals surface area contributed by atoms with Gasteiger partial charge in [-0.1, -0.05) is 6.07 Å². The summed E-state index contributed by atoms with van der Waals surface area (Å²) in [4.78, 5) is 24.3. The molecule has 0 bridgehead atoms. The summed E-state index contributed by atoms with van der Waals surface area (Å²) in [6.45, 7) is 3.90. The Hall–Kier alpha value is -1.82. The van der Waals surface area contributed by atoms with Crippen LogP contribution in [0.15, 0.2) is 16.9 Å². The highest BCUT2D eigenvalue weighted by Crippen LogP contribution is 2.43. The van der Waals surface area contributed by atoms with Gasteiger partial charge in [-0.15, -0.1) is 0 Å². The molecule has 1 aromatic heterocycles. The molecule has 2 heterocycles.